The highest BCUT2D eigenvalue weighted by Crippen LogP contribution is 2.17. The molecule has 0 atom stereocenters. The number of aromatic nitrogens is 2. The third-order valence-corrected chi connectivity index (χ3v) is 2.17. The number of hydrogen-bond donors (Lipinski definition) is 1. The number of benzene rings is 1. The lowest BCUT2D eigenvalue weighted by Crippen LogP contribution is -2.03. The van der Waals surface area contributed by atoms with E-state index in [1.165, 1.54) is 23.2 Å². The SMILES string of the molecule is O=C(O)c1ccccc1-n1cnc([N+](=O)[O-])c1. The summed E-state index contributed by atoms with van der Waals surface area (Å²) < 4.78 is 1.31. The summed E-state index contributed by atoms with van der Waals surface area (Å²) in [5.74, 6) is -1.43. The molecule has 0 radical (unpaired) electrons. The summed E-state index contributed by atoms with van der Waals surface area (Å²) in [6.07, 6.45) is 2.38. The van der Waals surface area contributed by atoms with Gasteiger partial charge in [0, 0.05) is 0 Å². The third kappa shape index (κ3) is 1.98. The van der Waals surface area contributed by atoms with Crippen LogP contribution in [0.4, 0.5) is 5.82 Å². The summed E-state index contributed by atoms with van der Waals surface area (Å²) in [4.78, 5) is 24.4. The van der Waals surface area contributed by atoms with Crippen LogP contribution in [0.1, 0.15) is 10.4 Å². The second-order valence-corrected chi connectivity index (χ2v) is 3.22. The van der Waals surface area contributed by atoms with Crippen molar-refractivity contribution in [2.75, 3.05) is 0 Å². The quantitative estimate of drug-likeness (QED) is 0.639. The minimum atomic E-state index is -1.10. The summed E-state index contributed by atoms with van der Waals surface area (Å²) in [6.45, 7) is 0. The molecule has 1 aromatic carbocycles. The van der Waals surface area contributed by atoms with Crippen LogP contribution in [0.25, 0.3) is 5.69 Å². The topological polar surface area (TPSA) is 98.3 Å². The smallest absolute Gasteiger partial charge is 0.381 e. The molecular formula is C10H7N3O4. The van der Waals surface area contributed by atoms with Crippen LogP contribution in [-0.4, -0.2) is 25.6 Å². The first-order valence-electron chi connectivity index (χ1n) is 4.60. The van der Waals surface area contributed by atoms with Crippen LogP contribution in [0.2, 0.25) is 0 Å². The van der Waals surface area contributed by atoms with E-state index in [0.29, 0.717) is 5.69 Å². The molecule has 7 nitrogen and oxygen atoms in total. The standard InChI is InChI=1S/C10H7N3O4/c14-10(15)7-3-1-2-4-8(7)12-5-9(11-6-12)13(16)17/h1-6H,(H,14,15). The fraction of sp³-hybridized carbons (Fsp3) is 0. The molecule has 0 unspecified atom stereocenters. The van der Waals surface area contributed by atoms with E-state index in [1.807, 2.05) is 0 Å². The van der Waals surface area contributed by atoms with Gasteiger partial charge >= 0.3 is 11.8 Å². The summed E-state index contributed by atoms with van der Waals surface area (Å²) >= 11 is 0. The Balaban J connectivity index is 2.52. The molecule has 0 aliphatic rings. The predicted molar refractivity (Wildman–Crippen MR) is 57.2 cm³/mol. The maximum Gasteiger partial charge on any atom is 0.381 e. The largest absolute Gasteiger partial charge is 0.478 e. The van der Waals surface area contributed by atoms with Gasteiger partial charge in [-0.1, -0.05) is 12.1 Å². The Morgan fingerprint density at radius 3 is 2.71 bits per heavy atom. The highest BCUT2D eigenvalue weighted by atomic mass is 16.6. The highest BCUT2D eigenvalue weighted by molar-refractivity contribution is 5.91. The van der Waals surface area contributed by atoms with E-state index < -0.39 is 10.9 Å². The molecule has 0 aliphatic carbocycles. The van der Waals surface area contributed by atoms with Crippen LogP contribution < -0.4 is 0 Å². The fourth-order valence-corrected chi connectivity index (χ4v) is 1.42. The number of nitro groups is 1. The van der Waals surface area contributed by atoms with Crippen molar-refractivity contribution < 1.29 is 14.8 Å². The molecule has 0 aliphatic heterocycles. The summed E-state index contributed by atoms with van der Waals surface area (Å²) in [7, 11) is 0. The predicted octanol–water partition coefficient (Wildman–Crippen LogP) is 1.48. The number of aromatic carboxylic acids is 1. The normalized spacial score (nSPS) is 10.1. The van der Waals surface area contributed by atoms with Gasteiger partial charge in [-0.25, -0.2) is 4.79 Å². The van der Waals surface area contributed by atoms with Gasteiger partial charge in [-0.15, -0.1) is 0 Å². The van der Waals surface area contributed by atoms with Crippen molar-refractivity contribution >= 4 is 11.8 Å². The minimum Gasteiger partial charge on any atom is -0.478 e. The van der Waals surface area contributed by atoms with Crippen LogP contribution in [-0.2, 0) is 0 Å². The zero-order chi connectivity index (χ0) is 12.4. The molecular weight excluding hydrogens is 226 g/mol. The van der Waals surface area contributed by atoms with Crippen LogP contribution in [0.15, 0.2) is 36.8 Å². The molecule has 0 amide bonds. The lowest BCUT2D eigenvalue weighted by atomic mass is 10.2. The van der Waals surface area contributed by atoms with Crippen LogP contribution in [0, 0.1) is 10.1 Å². The lowest BCUT2D eigenvalue weighted by molar-refractivity contribution is -0.389. The second kappa shape index (κ2) is 4.05. The second-order valence-electron chi connectivity index (χ2n) is 3.22. The molecule has 17 heavy (non-hydrogen) atoms. The molecule has 1 heterocycles. The Labute approximate surface area is 95.1 Å². The van der Waals surface area contributed by atoms with Gasteiger partial charge in [0.1, 0.15) is 6.20 Å². The van der Waals surface area contributed by atoms with Crippen molar-refractivity contribution in [3.63, 3.8) is 0 Å². The fourth-order valence-electron chi connectivity index (χ4n) is 1.42. The zero-order valence-electron chi connectivity index (χ0n) is 8.48. The Morgan fingerprint density at radius 2 is 2.12 bits per heavy atom. The maximum absolute atomic E-state index is 11.0. The van der Waals surface area contributed by atoms with E-state index in [2.05, 4.69) is 4.98 Å². The number of para-hydroxylation sites is 1. The van der Waals surface area contributed by atoms with E-state index in [0.717, 1.165) is 0 Å². The Bertz CT molecular complexity index is 591. The lowest BCUT2D eigenvalue weighted by Gasteiger charge is -2.03. The number of carbonyl (C=O) groups is 1. The highest BCUT2D eigenvalue weighted by Gasteiger charge is 2.15. The average Bonchev–Trinajstić information content (AvgIpc) is 2.78. The number of carboxylic acids is 1. The van der Waals surface area contributed by atoms with Gasteiger partial charge in [0.05, 0.1) is 11.3 Å². The molecule has 0 saturated carbocycles. The Morgan fingerprint density at radius 1 is 1.41 bits per heavy atom. The molecule has 0 saturated heterocycles. The number of imidazole rings is 1. The molecule has 2 rings (SSSR count). The molecule has 86 valence electrons. The first kappa shape index (κ1) is 10.8. The Kier molecular flexibility index (Phi) is 2.57. The van der Waals surface area contributed by atoms with Gasteiger partial charge < -0.3 is 15.2 Å². The monoisotopic (exact) mass is 233 g/mol. The molecule has 0 fully saturated rings. The van der Waals surface area contributed by atoms with E-state index in [1.54, 1.807) is 18.2 Å². The first-order chi connectivity index (χ1) is 8.09. The van der Waals surface area contributed by atoms with Crippen LogP contribution in [0.5, 0.6) is 0 Å². The summed E-state index contributed by atoms with van der Waals surface area (Å²) in [5, 5.41) is 19.5. The van der Waals surface area contributed by atoms with Gasteiger partial charge in [-0.2, -0.15) is 0 Å². The molecule has 1 aromatic heterocycles. The molecule has 7 heteroatoms. The van der Waals surface area contributed by atoms with E-state index in [9.17, 15) is 14.9 Å². The minimum absolute atomic E-state index is 0.0554. The average molecular weight is 233 g/mol. The van der Waals surface area contributed by atoms with Crippen molar-refractivity contribution in [2.45, 2.75) is 0 Å². The summed E-state index contributed by atoms with van der Waals surface area (Å²) in [6, 6.07) is 6.20. The van der Waals surface area contributed by atoms with Crippen LogP contribution >= 0.6 is 0 Å². The zero-order valence-corrected chi connectivity index (χ0v) is 8.48. The van der Waals surface area contributed by atoms with Gasteiger partial charge in [-0.3, -0.25) is 4.57 Å². The van der Waals surface area contributed by atoms with Crippen molar-refractivity contribution in [3.05, 3.63) is 52.5 Å². The first-order valence-corrected chi connectivity index (χ1v) is 4.60. The maximum atomic E-state index is 11.0. The van der Waals surface area contributed by atoms with E-state index in [-0.39, 0.29) is 11.4 Å². The third-order valence-electron chi connectivity index (χ3n) is 2.17. The van der Waals surface area contributed by atoms with Crippen LogP contribution in [0.3, 0.4) is 0 Å². The molecule has 2 aromatic rings. The van der Waals surface area contributed by atoms with E-state index >= 15 is 0 Å². The molecule has 0 spiro atoms. The number of nitrogens with zero attached hydrogens (tertiary/aromatic N) is 3. The number of carboxylic acid groups (broad SMARTS) is 1. The van der Waals surface area contributed by atoms with Crippen molar-refractivity contribution in [2.24, 2.45) is 0 Å². The van der Waals surface area contributed by atoms with E-state index in [4.69, 9.17) is 5.11 Å². The van der Waals surface area contributed by atoms with Crippen molar-refractivity contribution in [3.8, 4) is 5.69 Å². The Hall–Kier alpha value is -2.70. The molecule has 1 N–H and O–H groups in total. The van der Waals surface area contributed by atoms with Gasteiger partial charge in [-0.05, 0) is 22.0 Å². The number of hydrogen-bond acceptors (Lipinski definition) is 4. The summed E-state index contributed by atoms with van der Waals surface area (Å²) in [5.41, 5.74) is 0.389. The van der Waals surface area contributed by atoms with Gasteiger partial charge in [0.25, 0.3) is 0 Å². The van der Waals surface area contributed by atoms with Gasteiger partial charge in [0.2, 0.25) is 6.33 Å². The van der Waals surface area contributed by atoms with Crippen molar-refractivity contribution in [1.82, 2.24) is 9.55 Å². The van der Waals surface area contributed by atoms with Gasteiger partial charge in [0.15, 0.2) is 0 Å². The van der Waals surface area contributed by atoms with Crippen molar-refractivity contribution in [1.29, 1.82) is 0 Å². The number of rotatable bonds is 3. The molecule has 0 bridgehead atoms.